The fourth-order valence-corrected chi connectivity index (χ4v) is 0.858. The third-order valence-electron chi connectivity index (χ3n) is 1.41. The van der Waals surface area contributed by atoms with Crippen LogP contribution < -0.4 is 10.5 Å². The maximum Gasteiger partial charge on any atom is 0.573 e. The largest absolute Gasteiger partial charge is 0.573 e. The van der Waals surface area contributed by atoms with E-state index in [0.717, 1.165) is 12.1 Å². The first-order valence-corrected chi connectivity index (χ1v) is 3.54. The zero-order valence-corrected chi connectivity index (χ0v) is 6.93. The Balaban J connectivity index is 2.97. The van der Waals surface area contributed by atoms with E-state index in [2.05, 4.69) is 10.7 Å². The highest BCUT2D eigenvalue weighted by Gasteiger charge is 2.31. The molecule has 5 heteroatoms. The van der Waals surface area contributed by atoms with Crippen LogP contribution in [-0.4, -0.2) is 6.36 Å². The minimum Gasteiger partial charge on any atom is -0.406 e. The second-order valence-electron chi connectivity index (χ2n) is 2.44. The van der Waals surface area contributed by atoms with Crippen molar-refractivity contribution in [3.63, 3.8) is 0 Å². The summed E-state index contributed by atoms with van der Waals surface area (Å²) in [5.74, 6) is 1.77. The van der Waals surface area contributed by atoms with Crippen LogP contribution in [0.1, 0.15) is 5.56 Å². The van der Waals surface area contributed by atoms with Crippen LogP contribution in [0.25, 0.3) is 0 Å². The molecule has 0 amide bonds. The topological polar surface area (TPSA) is 35.2 Å². The second-order valence-corrected chi connectivity index (χ2v) is 2.44. The standard InChI is InChI=1S/C9H6F3NO/c1-2-6-5-7(3-4-8(6)13)14-9(10,11)12/h1,3-5H,13H2. The molecule has 0 atom stereocenters. The highest BCUT2D eigenvalue weighted by Crippen LogP contribution is 2.25. The van der Waals surface area contributed by atoms with Gasteiger partial charge in [0.2, 0.25) is 0 Å². The minimum absolute atomic E-state index is 0.173. The number of rotatable bonds is 1. The molecule has 1 rings (SSSR count). The Hall–Kier alpha value is -1.83. The number of nitrogen functional groups attached to an aromatic ring is 1. The highest BCUT2D eigenvalue weighted by atomic mass is 19.4. The van der Waals surface area contributed by atoms with Gasteiger partial charge < -0.3 is 10.5 Å². The van der Waals surface area contributed by atoms with Crippen LogP contribution in [0.2, 0.25) is 0 Å². The average molecular weight is 201 g/mol. The van der Waals surface area contributed by atoms with E-state index in [-0.39, 0.29) is 17.0 Å². The van der Waals surface area contributed by atoms with Gasteiger partial charge in [-0.05, 0) is 18.2 Å². The summed E-state index contributed by atoms with van der Waals surface area (Å²) >= 11 is 0. The summed E-state index contributed by atoms with van der Waals surface area (Å²) in [7, 11) is 0. The van der Waals surface area contributed by atoms with Crippen molar-refractivity contribution in [1.29, 1.82) is 0 Å². The lowest BCUT2D eigenvalue weighted by Gasteiger charge is -2.09. The fraction of sp³-hybridized carbons (Fsp3) is 0.111. The maximum absolute atomic E-state index is 11.8. The van der Waals surface area contributed by atoms with Crippen LogP contribution >= 0.6 is 0 Å². The van der Waals surface area contributed by atoms with Crippen molar-refractivity contribution in [3.8, 4) is 18.1 Å². The van der Waals surface area contributed by atoms with Crippen LogP contribution in [0.5, 0.6) is 5.75 Å². The van der Waals surface area contributed by atoms with Crippen molar-refractivity contribution in [2.75, 3.05) is 5.73 Å². The average Bonchev–Trinajstić information content (AvgIpc) is 2.06. The smallest absolute Gasteiger partial charge is 0.406 e. The van der Waals surface area contributed by atoms with Crippen molar-refractivity contribution < 1.29 is 17.9 Å². The summed E-state index contributed by atoms with van der Waals surface area (Å²) in [6, 6.07) is 3.42. The summed E-state index contributed by atoms with van der Waals surface area (Å²) < 4.78 is 39.0. The lowest BCUT2D eigenvalue weighted by atomic mass is 10.2. The van der Waals surface area contributed by atoms with Crippen LogP contribution in [0.15, 0.2) is 18.2 Å². The van der Waals surface area contributed by atoms with E-state index in [4.69, 9.17) is 12.2 Å². The number of alkyl halides is 3. The number of ether oxygens (including phenoxy) is 1. The van der Waals surface area contributed by atoms with Gasteiger partial charge in [-0.2, -0.15) is 0 Å². The normalized spacial score (nSPS) is 10.7. The Morgan fingerprint density at radius 3 is 2.50 bits per heavy atom. The first kappa shape index (κ1) is 10.3. The maximum atomic E-state index is 11.8. The SMILES string of the molecule is C#Cc1cc(OC(F)(F)F)ccc1N. The Morgan fingerprint density at radius 1 is 1.36 bits per heavy atom. The van der Waals surface area contributed by atoms with E-state index in [0.29, 0.717) is 0 Å². The molecule has 14 heavy (non-hydrogen) atoms. The zero-order chi connectivity index (χ0) is 10.8. The molecule has 0 unspecified atom stereocenters. The van der Waals surface area contributed by atoms with Gasteiger partial charge in [0, 0.05) is 5.69 Å². The Labute approximate surface area is 78.5 Å². The second kappa shape index (κ2) is 3.50. The van der Waals surface area contributed by atoms with Crippen molar-refractivity contribution >= 4 is 5.69 Å². The van der Waals surface area contributed by atoms with Crippen molar-refractivity contribution in [3.05, 3.63) is 23.8 Å². The van der Waals surface area contributed by atoms with Gasteiger partial charge >= 0.3 is 6.36 Å². The summed E-state index contributed by atoms with van der Waals surface area (Å²) in [6.45, 7) is 0. The van der Waals surface area contributed by atoms with Gasteiger partial charge in [-0.15, -0.1) is 19.6 Å². The molecule has 0 heterocycles. The lowest BCUT2D eigenvalue weighted by Crippen LogP contribution is -2.17. The molecule has 1 aromatic carbocycles. The number of hydrogen-bond acceptors (Lipinski definition) is 2. The number of nitrogens with two attached hydrogens (primary N) is 1. The summed E-state index contributed by atoms with van der Waals surface area (Å²) in [5, 5.41) is 0. The van der Waals surface area contributed by atoms with Gasteiger partial charge in [0.25, 0.3) is 0 Å². The molecule has 0 saturated carbocycles. The molecule has 2 N–H and O–H groups in total. The van der Waals surface area contributed by atoms with Gasteiger partial charge in [0.15, 0.2) is 0 Å². The molecule has 0 radical (unpaired) electrons. The van der Waals surface area contributed by atoms with E-state index in [9.17, 15) is 13.2 Å². The molecule has 0 aliphatic heterocycles. The number of anilines is 1. The Bertz CT molecular complexity index is 379. The molecule has 2 nitrogen and oxygen atoms in total. The van der Waals surface area contributed by atoms with Crippen molar-refractivity contribution in [1.82, 2.24) is 0 Å². The molecule has 0 aromatic heterocycles. The van der Waals surface area contributed by atoms with Gasteiger partial charge in [-0.1, -0.05) is 5.92 Å². The predicted molar refractivity (Wildman–Crippen MR) is 45.5 cm³/mol. The molecule has 0 aliphatic rings. The summed E-state index contributed by atoms with van der Waals surface area (Å²) in [5.41, 5.74) is 5.80. The van der Waals surface area contributed by atoms with Gasteiger partial charge in [-0.25, -0.2) is 0 Å². The van der Waals surface area contributed by atoms with E-state index >= 15 is 0 Å². The predicted octanol–water partition coefficient (Wildman–Crippen LogP) is 2.15. The Morgan fingerprint density at radius 2 is 2.00 bits per heavy atom. The molecular formula is C9H6F3NO. The van der Waals surface area contributed by atoms with E-state index < -0.39 is 6.36 Å². The molecule has 0 spiro atoms. The number of terminal acetylenes is 1. The molecule has 0 saturated heterocycles. The lowest BCUT2D eigenvalue weighted by molar-refractivity contribution is -0.274. The fourth-order valence-electron chi connectivity index (χ4n) is 0.858. The monoisotopic (exact) mass is 201 g/mol. The molecule has 1 aromatic rings. The number of hydrogen-bond donors (Lipinski definition) is 1. The van der Waals surface area contributed by atoms with Gasteiger partial charge in [0.1, 0.15) is 5.75 Å². The van der Waals surface area contributed by atoms with Crippen LogP contribution in [0.3, 0.4) is 0 Å². The minimum atomic E-state index is -4.72. The third-order valence-corrected chi connectivity index (χ3v) is 1.41. The van der Waals surface area contributed by atoms with Crippen LogP contribution in [0.4, 0.5) is 18.9 Å². The molecule has 0 aliphatic carbocycles. The van der Waals surface area contributed by atoms with Gasteiger partial charge in [-0.3, -0.25) is 0 Å². The first-order chi connectivity index (χ1) is 6.42. The van der Waals surface area contributed by atoms with Crippen LogP contribution in [-0.2, 0) is 0 Å². The molecule has 74 valence electrons. The number of halogens is 3. The number of benzene rings is 1. The summed E-state index contributed by atoms with van der Waals surface area (Å²) in [6.07, 6.45) is 0.296. The molecule has 0 fully saturated rings. The zero-order valence-electron chi connectivity index (χ0n) is 6.93. The molecular weight excluding hydrogens is 195 g/mol. The van der Waals surface area contributed by atoms with Crippen molar-refractivity contribution in [2.45, 2.75) is 6.36 Å². The van der Waals surface area contributed by atoms with E-state index in [1.807, 2.05) is 0 Å². The summed E-state index contributed by atoms with van der Waals surface area (Å²) in [4.78, 5) is 0. The molecule has 0 bridgehead atoms. The van der Waals surface area contributed by atoms with Crippen LogP contribution in [0, 0.1) is 12.3 Å². The first-order valence-electron chi connectivity index (χ1n) is 3.54. The quantitative estimate of drug-likeness (QED) is 0.558. The Kier molecular flexibility index (Phi) is 2.56. The third kappa shape index (κ3) is 2.59. The highest BCUT2D eigenvalue weighted by molar-refractivity contribution is 5.57. The van der Waals surface area contributed by atoms with Crippen molar-refractivity contribution in [2.24, 2.45) is 0 Å². The van der Waals surface area contributed by atoms with E-state index in [1.165, 1.54) is 6.07 Å². The van der Waals surface area contributed by atoms with Gasteiger partial charge in [0.05, 0.1) is 5.56 Å². The van der Waals surface area contributed by atoms with E-state index in [1.54, 1.807) is 0 Å².